The number of sulfonamides is 1. The molecule has 0 saturated carbocycles. The van der Waals surface area contributed by atoms with Gasteiger partial charge in [0.05, 0.1) is 11.5 Å². The number of fused-ring (bicyclic) bond motifs is 1. The van der Waals surface area contributed by atoms with E-state index in [1.807, 2.05) is 6.07 Å². The standard InChI is InChI=1S/C29H33FN2O3S/c1-21-7-3-4-8-26(21)22-9-11-23(12-10-22)29-27-19-31(17-5-6-18-32(27)28(29)20-35-2)36(33,34)25-15-13-24(30)14-16-25/h3-4,7-16,27-29H,5-6,17-20H2,1-2H3/t27-,28+,29-/m0/s1. The first-order valence-corrected chi connectivity index (χ1v) is 14.0. The second kappa shape index (κ2) is 10.4. The number of nitrogens with zero attached hydrogens (tertiary/aromatic N) is 2. The van der Waals surface area contributed by atoms with Crippen LogP contribution >= 0.6 is 0 Å². The fraction of sp³-hybridized carbons (Fsp3) is 0.379. The van der Waals surface area contributed by atoms with Crippen LogP contribution in [0.15, 0.2) is 77.7 Å². The van der Waals surface area contributed by atoms with Gasteiger partial charge in [0.1, 0.15) is 5.82 Å². The third kappa shape index (κ3) is 4.73. The highest BCUT2D eigenvalue weighted by Gasteiger charge is 2.50. The van der Waals surface area contributed by atoms with Gasteiger partial charge >= 0.3 is 0 Å². The van der Waals surface area contributed by atoms with Crippen LogP contribution in [0.25, 0.3) is 11.1 Å². The summed E-state index contributed by atoms with van der Waals surface area (Å²) >= 11 is 0. The summed E-state index contributed by atoms with van der Waals surface area (Å²) in [6.07, 6.45) is 1.71. The summed E-state index contributed by atoms with van der Waals surface area (Å²) in [5.74, 6) is -0.275. The smallest absolute Gasteiger partial charge is 0.243 e. The van der Waals surface area contributed by atoms with Gasteiger partial charge in [-0.15, -0.1) is 0 Å². The largest absolute Gasteiger partial charge is 0.383 e. The van der Waals surface area contributed by atoms with Crippen molar-refractivity contribution in [1.29, 1.82) is 0 Å². The van der Waals surface area contributed by atoms with Gasteiger partial charge in [-0.1, -0.05) is 48.5 Å². The third-order valence-corrected chi connectivity index (χ3v) is 9.57. The van der Waals surface area contributed by atoms with E-state index in [4.69, 9.17) is 4.74 Å². The van der Waals surface area contributed by atoms with E-state index in [9.17, 15) is 12.8 Å². The molecule has 2 heterocycles. The molecule has 2 aliphatic heterocycles. The molecule has 0 amide bonds. The SMILES string of the molecule is COC[C@@H]1[C@@H](c2ccc(-c3ccccc3C)cc2)[C@@H]2CN(S(=O)(=O)c3ccc(F)cc3)CCCCN12. The van der Waals surface area contributed by atoms with Gasteiger partial charge in [0.15, 0.2) is 0 Å². The zero-order valence-corrected chi connectivity index (χ0v) is 21.6. The maximum atomic E-state index is 13.5. The molecule has 2 saturated heterocycles. The van der Waals surface area contributed by atoms with Crippen molar-refractivity contribution in [2.24, 2.45) is 0 Å². The van der Waals surface area contributed by atoms with Gasteiger partial charge in [0, 0.05) is 38.2 Å². The lowest BCUT2D eigenvalue weighted by molar-refractivity contribution is -0.0635. The molecule has 5 nitrogen and oxygen atoms in total. The Bertz CT molecular complexity index is 1290. The average molecular weight is 509 g/mol. The molecule has 5 rings (SSSR count). The van der Waals surface area contributed by atoms with Crippen molar-refractivity contribution in [2.45, 2.75) is 42.7 Å². The van der Waals surface area contributed by atoms with Crippen LogP contribution in [0.4, 0.5) is 4.39 Å². The number of ether oxygens (including phenoxy) is 1. The van der Waals surface area contributed by atoms with Crippen LogP contribution in [0.2, 0.25) is 0 Å². The summed E-state index contributed by atoms with van der Waals surface area (Å²) in [6, 6.07) is 22.5. The van der Waals surface area contributed by atoms with Crippen LogP contribution in [-0.4, -0.2) is 63.1 Å². The maximum Gasteiger partial charge on any atom is 0.243 e. The molecule has 0 bridgehead atoms. The van der Waals surface area contributed by atoms with Gasteiger partial charge in [0.25, 0.3) is 0 Å². The summed E-state index contributed by atoms with van der Waals surface area (Å²) in [7, 11) is -1.99. The third-order valence-electron chi connectivity index (χ3n) is 7.69. The van der Waals surface area contributed by atoms with E-state index >= 15 is 0 Å². The summed E-state index contributed by atoms with van der Waals surface area (Å²) in [6.45, 7) is 4.53. The topological polar surface area (TPSA) is 49.9 Å². The first-order chi connectivity index (χ1) is 17.4. The predicted molar refractivity (Wildman–Crippen MR) is 140 cm³/mol. The van der Waals surface area contributed by atoms with Crippen LogP contribution in [0, 0.1) is 12.7 Å². The van der Waals surface area contributed by atoms with Crippen molar-refractivity contribution >= 4 is 10.0 Å². The summed E-state index contributed by atoms with van der Waals surface area (Å²) in [4.78, 5) is 2.55. The Hall–Kier alpha value is -2.58. The number of methoxy groups -OCH3 is 1. The highest BCUT2D eigenvalue weighted by molar-refractivity contribution is 7.89. The molecule has 190 valence electrons. The van der Waals surface area contributed by atoms with Crippen LogP contribution in [0.5, 0.6) is 0 Å². The molecule has 2 fully saturated rings. The molecule has 7 heteroatoms. The zero-order valence-electron chi connectivity index (χ0n) is 20.8. The Morgan fingerprint density at radius 2 is 1.64 bits per heavy atom. The molecule has 0 unspecified atom stereocenters. The Kier molecular flexibility index (Phi) is 7.26. The number of aryl methyl sites for hydroxylation is 1. The van der Waals surface area contributed by atoms with Crippen LogP contribution in [-0.2, 0) is 14.8 Å². The lowest BCUT2D eigenvalue weighted by Crippen LogP contribution is -2.68. The number of halogens is 1. The molecule has 3 aromatic rings. The quantitative estimate of drug-likeness (QED) is 0.467. The van der Waals surface area contributed by atoms with Crippen molar-refractivity contribution in [3.05, 3.63) is 89.7 Å². The van der Waals surface area contributed by atoms with Crippen molar-refractivity contribution in [2.75, 3.05) is 33.4 Å². The van der Waals surface area contributed by atoms with E-state index in [2.05, 4.69) is 54.3 Å². The highest BCUT2D eigenvalue weighted by atomic mass is 32.2. The first kappa shape index (κ1) is 25.1. The van der Waals surface area contributed by atoms with Crippen LogP contribution in [0.3, 0.4) is 0 Å². The lowest BCUT2D eigenvalue weighted by Gasteiger charge is -2.57. The molecule has 0 N–H and O–H groups in total. The minimum atomic E-state index is -3.71. The molecule has 0 radical (unpaired) electrons. The fourth-order valence-electron chi connectivity index (χ4n) is 5.82. The van der Waals surface area contributed by atoms with Gasteiger partial charge in [-0.25, -0.2) is 12.8 Å². The Morgan fingerprint density at radius 1 is 0.944 bits per heavy atom. The Morgan fingerprint density at radius 3 is 2.33 bits per heavy atom. The zero-order chi connectivity index (χ0) is 25.3. The maximum absolute atomic E-state index is 13.5. The predicted octanol–water partition coefficient (Wildman–Crippen LogP) is 5.07. The molecule has 0 aliphatic carbocycles. The van der Waals surface area contributed by atoms with E-state index in [0.717, 1.165) is 19.4 Å². The Balaban J connectivity index is 1.44. The first-order valence-electron chi connectivity index (χ1n) is 12.6. The van der Waals surface area contributed by atoms with E-state index in [-0.39, 0.29) is 22.9 Å². The number of hydrogen-bond donors (Lipinski definition) is 0. The number of rotatable bonds is 6. The molecular formula is C29H33FN2O3S. The van der Waals surface area contributed by atoms with E-state index in [0.29, 0.717) is 19.7 Å². The van der Waals surface area contributed by atoms with Crippen molar-refractivity contribution in [3.63, 3.8) is 0 Å². The normalized spacial score (nSPS) is 23.4. The van der Waals surface area contributed by atoms with Gasteiger partial charge in [0.2, 0.25) is 10.0 Å². The van der Waals surface area contributed by atoms with Gasteiger partial charge in [-0.05, 0) is 72.8 Å². The van der Waals surface area contributed by atoms with Gasteiger partial charge in [-0.3, -0.25) is 4.90 Å². The lowest BCUT2D eigenvalue weighted by atomic mass is 9.74. The molecule has 3 aromatic carbocycles. The average Bonchev–Trinajstić information content (AvgIpc) is 2.86. The fourth-order valence-corrected chi connectivity index (χ4v) is 7.31. The van der Waals surface area contributed by atoms with E-state index in [1.165, 1.54) is 46.5 Å². The van der Waals surface area contributed by atoms with E-state index in [1.54, 1.807) is 11.4 Å². The van der Waals surface area contributed by atoms with Gasteiger partial charge < -0.3 is 4.74 Å². The molecule has 0 spiro atoms. The number of benzene rings is 3. The second-order valence-corrected chi connectivity index (χ2v) is 11.8. The Labute approximate surface area is 213 Å². The summed E-state index contributed by atoms with van der Waals surface area (Å²) in [5.41, 5.74) is 4.83. The summed E-state index contributed by atoms with van der Waals surface area (Å²) in [5, 5.41) is 0. The van der Waals surface area contributed by atoms with Crippen LogP contribution in [0.1, 0.15) is 29.9 Å². The highest BCUT2D eigenvalue weighted by Crippen LogP contribution is 2.43. The molecule has 3 atom stereocenters. The minimum Gasteiger partial charge on any atom is -0.383 e. The molecule has 36 heavy (non-hydrogen) atoms. The van der Waals surface area contributed by atoms with Crippen molar-refractivity contribution in [1.82, 2.24) is 9.21 Å². The monoisotopic (exact) mass is 508 g/mol. The minimum absolute atomic E-state index is 0.0602. The van der Waals surface area contributed by atoms with Crippen molar-refractivity contribution in [3.8, 4) is 11.1 Å². The van der Waals surface area contributed by atoms with Crippen LogP contribution < -0.4 is 0 Å². The summed E-state index contributed by atoms with van der Waals surface area (Å²) < 4.78 is 47.6. The van der Waals surface area contributed by atoms with E-state index < -0.39 is 15.8 Å². The number of hydrogen-bond acceptors (Lipinski definition) is 4. The van der Waals surface area contributed by atoms with Gasteiger partial charge in [-0.2, -0.15) is 4.31 Å². The molecular weight excluding hydrogens is 475 g/mol. The second-order valence-electron chi connectivity index (χ2n) is 9.81. The molecule has 0 aromatic heterocycles. The van der Waals surface area contributed by atoms with Crippen molar-refractivity contribution < 1.29 is 17.5 Å². The molecule has 2 aliphatic rings.